The van der Waals surface area contributed by atoms with E-state index in [2.05, 4.69) is 9.72 Å². The Bertz CT molecular complexity index is 705. The van der Waals surface area contributed by atoms with Gasteiger partial charge in [0.1, 0.15) is 5.69 Å². The van der Waals surface area contributed by atoms with Gasteiger partial charge in [0, 0.05) is 11.1 Å². The molecule has 0 N–H and O–H groups in total. The third-order valence-electron chi connectivity index (χ3n) is 3.30. The van der Waals surface area contributed by atoms with Crippen LogP contribution in [0.25, 0.3) is 0 Å². The molecule has 1 aromatic heterocycles. The fraction of sp³-hybridized carbons (Fsp3) is 0.333. The van der Waals surface area contributed by atoms with Crippen molar-refractivity contribution in [2.45, 2.75) is 34.2 Å². The first-order valence-electron chi connectivity index (χ1n) is 7.73. The zero-order valence-corrected chi connectivity index (χ0v) is 14.6. The van der Waals surface area contributed by atoms with E-state index in [1.807, 2.05) is 13.8 Å². The zero-order chi connectivity index (χ0) is 18.3. The van der Waals surface area contributed by atoms with Crippen LogP contribution < -0.4 is 0 Å². The molecular formula is C18H22N2O4. The zero-order valence-electron chi connectivity index (χ0n) is 14.6. The molecular weight excluding hydrogens is 308 g/mol. The van der Waals surface area contributed by atoms with Gasteiger partial charge in [0.25, 0.3) is 11.8 Å². The number of methoxy groups -OCH3 is 1. The average Bonchev–Trinajstić information content (AvgIpc) is 2.81. The van der Waals surface area contributed by atoms with Crippen molar-refractivity contribution in [1.82, 2.24) is 9.88 Å². The smallest absolute Gasteiger partial charge is 0.356 e. The standard InChI is InChI=1S/C16H16N2O4.C2H6/c1-4-6-12-10(2)14(19)18(15(12)20)9-11-7-5-8-13(17-11)16(21)22-3;1-2/h4-8H,9H2,1-3H3;1-2H3/b6-4-;. The van der Waals surface area contributed by atoms with Crippen molar-refractivity contribution in [3.05, 3.63) is 52.9 Å². The van der Waals surface area contributed by atoms with Gasteiger partial charge < -0.3 is 4.74 Å². The molecule has 0 fully saturated rings. The van der Waals surface area contributed by atoms with Crippen LogP contribution in [0.2, 0.25) is 0 Å². The van der Waals surface area contributed by atoms with Crippen LogP contribution in [0.15, 0.2) is 41.5 Å². The van der Waals surface area contributed by atoms with E-state index in [4.69, 9.17) is 0 Å². The Labute approximate surface area is 141 Å². The van der Waals surface area contributed by atoms with Gasteiger partial charge in [-0.2, -0.15) is 0 Å². The molecule has 0 radical (unpaired) electrons. The maximum absolute atomic E-state index is 12.3. The minimum atomic E-state index is -0.565. The normalized spacial score (nSPS) is 14.1. The predicted octanol–water partition coefficient (Wildman–Crippen LogP) is 2.66. The number of hydrogen-bond donors (Lipinski definition) is 0. The molecule has 6 heteroatoms. The first-order chi connectivity index (χ1) is 11.5. The second-order valence-electron chi connectivity index (χ2n) is 4.74. The highest BCUT2D eigenvalue weighted by Crippen LogP contribution is 2.23. The maximum Gasteiger partial charge on any atom is 0.356 e. The van der Waals surface area contributed by atoms with E-state index in [1.54, 1.807) is 38.1 Å². The van der Waals surface area contributed by atoms with Crippen LogP contribution in [-0.4, -0.2) is 34.8 Å². The Morgan fingerprint density at radius 3 is 2.50 bits per heavy atom. The van der Waals surface area contributed by atoms with Crippen molar-refractivity contribution in [2.75, 3.05) is 7.11 Å². The van der Waals surface area contributed by atoms with Crippen LogP contribution in [-0.2, 0) is 20.9 Å². The SMILES string of the molecule is C/C=C\C1=C(C)C(=O)N(Cc2cccc(C(=O)OC)n2)C1=O.CC. The second-order valence-corrected chi connectivity index (χ2v) is 4.74. The summed E-state index contributed by atoms with van der Waals surface area (Å²) < 4.78 is 4.60. The van der Waals surface area contributed by atoms with Gasteiger partial charge in [-0.1, -0.05) is 32.1 Å². The molecule has 0 spiro atoms. The monoisotopic (exact) mass is 330 g/mol. The summed E-state index contributed by atoms with van der Waals surface area (Å²) in [5.41, 5.74) is 1.38. The molecule has 1 aromatic rings. The summed E-state index contributed by atoms with van der Waals surface area (Å²) >= 11 is 0. The number of carbonyl (C=O) groups is 3. The molecule has 0 saturated carbocycles. The van der Waals surface area contributed by atoms with Crippen LogP contribution >= 0.6 is 0 Å². The Kier molecular flexibility index (Phi) is 7.04. The molecule has 0 saturated heterocycles. The lowest BCUT2D eigenvalue weighted by atomic mass is 10.1. The molecule has 6 nitrogen and oxygen atoms in total. The summed E-state index contributed by atoms with van der Waals surface area (Å²) in [6.45, 7) is 7.41. The van der Waals surface area contributed by atoms with Gasteiger partial charge in [-0.25, -0.2) is 9.78 Å². The Morgan fingerprint density at radius 1 is 1.25 bits per heavy atom. The molecule has 128 valence electrons. The number of hydrogen-bond acceptors (Lipinski definition) is 5. The third-order valence-corrected chi connectivity index (χ3v) is 3.30. The summed E-state index contributed by atoms with van der Waals surface area (Å²) in [7, 11) is 1.26. The van der Waals surface area contributed by atoms with Crippen molar-refractivity contribution in [1.29, 1.82) is 0 Å². The number of imide groups is 1. The molecule has 1 aliphatic rings. The van der Waals surface area contributed by atoms with Crippen LogP contribution in [0.5, 0.6) is 0 Å². The number of nitrogens with zero attached hydrogens (tertiary/aromatic N) is 2. The average molecular weight is 330 g/mol. The van der Waals surface area contributed by atoms with Gasteiger partial charge >= 0.3 is 5.97 Å². The number of pyridine rings is 1. The number of aromatic nitrogens is 1. The highest BCUT2D eigenvalue weighted by molar-refractivity contribution is 6.20. The van der Waals surface area contributed by atoms with E-state index in [-0.39, 0.29) is 24.1 Å². The quantitative estimate of drug-likeness (QED) is 0.626. The van der Waals surface area contributed by atoms with Crippen molar-refractivity contribution >= 4 is 17.8 Å². The molecule has 2 amide bonds. The molecule has 0 bridgehead atoms. The molecule has 1 aliphatic heterocycles. The number of amides is 2. The van der Waals surface area contributed by atoms with Crippen LogP contribution in [0.1, 0.15) is 43.9 Å². The van der Waals surface area contributed by atoms with Gasteiger partial charge in [-0.05, 0) is 26.0 Å². The lowest BCUT2D eigenvalue weighted by Gasteiger charge is -2.14. The molecule has 2 rings (SSSR count). The Morgan fingerprint density at radius 2 is 1.92 bits per heavy atom. The fourth-order valence-electron chi connectivity index (χ4n) is 2.17. The molecule has 0 atom stereocenters. The summed E-state index contributed by atoms with van der Waals surface area (Å²) in [6.07, 6.45) is 3.33. The van der Waals surface area contributed by atoms with Gasteiger partial charge in [-0.15, -0.1) is 0 Å². The molecule has 24 heavy (non-hydrogen) atoms. The first-order valence-corrected chi connectivity index (χ1v) is 7.73. The molecule has 0 aromatic carbocycles. The highest BCUT2D eigenvalue weighted by Gasteiger charge is 2.34. The topological polar surface area (TPSA) is 76.6 Å². The van der Waals surface area contributed by atoms with E-state index < -0.39 is 5.97 Å². The van der Waals surface area contributed by atoms with Gasteiger partial charge in [0.2, 0.25) is 0 Å². The second kappa shape index (κ2) is 8.76. The largest absolute Gasteiger partial charge is 0.464 e. The maximum atomic E-state index is 12.3. The number of carbonyl (C=O) groups excluding carboxylic acids is 3. The minimum Gasteiger partial charge on any atom is -0.464 e. The minimum absolute atomic E-state index is 0.0148. The summed E-state index contributed by atoms with van der Waals surface area (Å²) in [4.78, 5) is 41.2. The van der Waals surface area contributed by atoms with E-state index in [0.29, 0.717) is 16.8 Å². The Balaban J connectivity index is 0.00000139. The van der Waals surface area contributed by atoms with Gasteiger partial charge in [0.15, 0.2) is 0 Å². The Hall–Kier alpha value is -2.76. The predicted molar refractivity (Wildman–Crippen MR) is 90.0 cm³/mol. The lowest BCUT2D eigenvalue weighted by Crippen LogP contribution is -2.31. The van der Waals surface area contributed by atoms with E-state index in [1.165, 1.54) is 13.2 Å². The van der Waals surface area contributed by atoms with Crippen molar-refractivity contribution in [3.63, 3.8) is 0 Å². The molecule has 2 heterocycles. The fourth-order valence-corrected chi connectivity index (χ4v) is 2.17. The van der Waals surface area contributed by atoms with Crippen LogP contribution in [0.4, 0.5) is 0 Å². The van der Waals surface area contributed by atoms with Gasteiger partial charge in [-0.3, -0.25) is 14.5 Å². The molecule has 0 unspecified atom stereocenters. The van der Waals surface area contributed by atoms with E-state index in [0.717, 1.165) is 4.90 Å². The molecule has 0 aliphatic carbocycles. The number of esters is 1. The summed E-state index contributed by atoms with van der Waals surface area (Å²) in [5.74, 6) is -1.26. The first kappa shape index (κ1) is 19.3. The van der Waals surface area contributed by atoms with E-state index in [9.17, 15) is 14.4 Å². The summed E-state index contributed by atoms with van der Waals surface area (Å²) in [5, 5.41) is 0. The van der Waals surface area contributed by atoms with E-state index >= 15 is 0 Å². The van der Waals surface area contributed by atoms with Crippen LogP contribution in [0.3, 0.4) is 0 Å². The van der Waals surface area contributed by atoms with Crippen molar-refractivity contribution in [2.24, 2.45) is 0 Å². The number of rotatable bonds is 4. The third kappa shape index (κ3) is 3.95. The van der Waals surface area contributed by atoms with Crippen molar-refractivity contribution < 1.29 is 19.1 Å². The van der Waals surface area contributed by atoms with Gasteiger partial charge in [0.05, 0.1) is 19.3 Å². The van der Waals surface area contributed by atoms with Crippen molar-refractivity contribution in [3.8, 4) is 0 Å². The number of ether oxygens (including phenoxy) is 1. The highest BCUT2D eigenvalue weighted by atomic mass is 16.5. The van der Waals surface area contributed by atoms with Crippen LogP contribution in [0, 0.1) is 0 Å². The summed E-state index contributed by atoms with van der Waals surface area (Å²) in [6, 6.07) is 4.79. The lowest BCUT2D eigenvalue weighted by molar-refractivity contribution is -0.138. The number of allylic oxidation sites excluding steroid dienone is 1.